The van der Waals surface area contributed by atoms with Gasteiger partial charge in [0.05, 0.1) is 19.9 Å². The Morgan fingerprint density at radius 1 is 1.30 bits per heavy atom. The lowest BCUT2D eigenvalue weighted by atomic mass is 10.2. The first-order valence-corrected chi connectivity index (χ1v) is 8.47. The summed E-state index contributed by atoms with van der Waals surface area (Å²) in [5.41, 5.74) is 1.78. The molecule has 1 aliphatic carbocycles. The molecular formula is C17H20N2O3S. The molecule has 0 unspecified atom stereocenters. The molecule has 1 aromatic carbocycles. The van der Waals surface area contributed by atoms with Gasteiger partial charge in [-0.1, -0.05) is 6.07 Å². The molecule has 2 amide bonds. The largest absolute Gasteiger partial charge is 0.493 e. The number of carbonyl (C=O) groups is 1. The second-order valence-electron chi connectivity index (χ2n) is 5.46. The van der Waals surface area contributed by atoms with E-state index in [4.69, 9.17) is 9.47 Å². The number of benzene rings is 1. The Balaban J connectivity index is 1.77. The lowest BCUT2D eigenvalue weighted by Gasteiger charge is -2.23. The van der Waals surface area contributed by atoms with Gasteiger partial charge in [-0.25, -0.2) is 4.79 Å². The Hall–Kier alpha value is -2.21. The summed E-state index contributed by atoms with van der Waals surface area (Å²) in [6.07, 6.45) is 2.12. The number of amides is 2. The van der Waals surface area contributed by atoms with Crippen LogP contribution in [0.4, 0.5) is 10.5 Å². The number of ether oxygens (including phenoxy) is 2. The third-order valence-corrected chi connectivity index (χ3v) is 4.56. The van der Waals surface area contributed by atoms with Gasteiger partial charge in [0.15, 0.2) is 11.5 Å². The van der Waals surface area contributed by atoms with Crippen molar-refractivity contribution < 1.29 is 14.3 Å². The second-order valence-corrected chi connectivity index (χ2v) is 6.24. The van der Waals surface area contributed by atoms with Crippen LogP contribution in [0.5, 0.6) is 11.5 Å². The van der Waals surface area contributed by atoms with Crippen molar-refractivity contribution in [3.63, 3.8) is 0 Å². The molecule has 0 bridgehead atoms. The molecule has 122 valence electrons. The maximum absolute atomic E-state index is 12.7. The average molecular weight is 332 g/mol. The van der Waals surface area contributed by atoms with Crippen LogP contribution in [-0.4, -0.2) is 31.2 Å². The highest BCUT2D eigenvalue weighted by Crippen LogP contribution is 2.36. The Kier molecular flexibility index (Phi) is 4.71. The number of thiophene rings is 1. The zero-order valence-corrected chi connectivity index (χ0v) is 14.1. The van der Waals surface area contributed by atoms with Gasteiger partial charge in [0.2, 0.25) is 0 Å². The van der Waals surface area contributed by atoms with Crippen molar-refractivity contribution in [2.24, 2.45) is 0 Å². The first kappa shape index (κ1) is 15.7. The number of hydrogen-bond acceptors (Lipinski definition) is 4. The van der Waals surface area contributed by atoms with Crippen molar-refractivity contribution in [3.05, 3.63) is 40.6 Å². The van der Waals surface area contributed by atoms with E-state index in [2.05, 4.69) is 16.8 Å². The van der Waals surface area contributed by atoms with Gasteiger partial charge in [0.25, 0.3) is 0 Å². The summed E-state index contributed by atoms with van der Waals surface area (Å²) >= 11 is 1.65. The topological polar surface area (TPSA) is 50.8 Å². The van der Waals surface area contributed by atoms with Gasteiger partial charge in [-0.15, -0.1) is 0 Å². The summed E-state index contributed by atoms with van der Waals surface area (Å²) in [5, 5.41) is 7.06. The maximum atomic E-state index is 12.7. The van der Waals surface area contributed by atoms with Crippen LogP contribution in [-0.2, 0) is 6.54 Å². The molecule has 2 aromatic rings. The minimum atomic E-state index is -0.106. The summed E-state index contributed by atoms with van der Waals surface area (Å²) in [5.74, 6) is 1.13. The van der Waals surface area contributed by atoms with Crippen LogP contribution in [0.1, 0.15) is 18.4 Å². The van der Waals surface area contributed by atoms with Gasteiger partial charge in [-0.2, -0.15) is 11.3 Å². The zero-order valence-electron chi connectivity index (χ0n) is 13.2. The van der Waals surface area contributed by atoms with Crippen LogP contribution in [0.15, 0.2) is 35.0 Å². The number of urea groups is 1. The molecule has 1 aromatic heterocycles. The maximum Gasteiger partial charge on any atom is 0.322 e. The first-order chi connectivity index (χ1) is 11.2. The SMILES string of the molecule is COc1cccc(NC(=O)N(Cc2ccsc2)C2CC2)c1OC. The molecule has 1 saturated carbocycles. The molecule has 0 radical (unpaired) electrons. The average Bonchev–Trinajstić information content (AvgIpc) is 3.28. The molecular weight excluding hydrogens is 312 g/mol. The van der Waals surface area contributed by atoms with Crippen molar-refractivity contribution in [3.8, 4) is 11.5 Å². The van der Waals surface area contributed by atoms with Crippen LogP contribution in [0.25, 0.3) is 0 Å². The van der Waals surface area contributed by atoms with Crippen molar-refractivity contribution in [2.45, 2.75) is 25.4 Å². The van der Waals surface area contributed by atoms with E-state index < -0.39 is 0 Å². The zero-order chi connectivity index (χ0) is 16.2. The number of nitrogens with one attached hydrogen (secondary N) is 1. The third-order valence-electron chi connectivity index (χ3n) is 3.83. The second kappa shape index (κ2) is 6.91. The van der Waals surface area contributed by atoms with E-state index in [-0.39, 0.29) is 6.03 Å². The molecule has 5 nitrogen and oxygen atoms in total. The van der Waals surface area contributed by atoms with Crippen molar-refractivity contribution in [1.29, 1.82) is 0 Å². The number of anilines is 1. The van der Waals surface area contributed by atoms with E-state index in [0.29, 0.717) is 29.8 Å². The molecule has 1 N–H and O–H groups in total. The molecule has 0 spiro atoms. The van der Waals surface area contributed by atoms with Crippen molar-refractivity contribution >= 4 is 23.1 Å². The predicted octanol–water partition coefficient (Wildman–Crippen LogP) is 3.96. The van der Waals surface area contributed by atoms with Crippen LogP contribution in [0.2, 0.25) is 0 Å². The Morgan fingerprint density at radius 2 is 2.13 bits per heavy atom. The van der Waals surface area contributed by atoms with Gasteiger partial charge in [0, 0.05) is 12.6 Å². The smallest absolute Gasteiger partial charge is 0.322 e. The highest BCUT2D eigenvalue weighted by molar-refractivity contribution is 7.07. The molecule has 1 aliphatic rings. The van der Waals surface area contributed by atoms with Gasteiger partial charge < -0.3 is 19.7 Å². The molecule has 0 atom stereocenters. The van der Waals surface area contributed by atoms with Gasteiger partial charge >= 0.3 is 6.03 Å². The monoisotopic (exact) mass is 332 g/mol. The van der Waals surface area contributed by atoms with Crippen LogP contribution < -0.4 is 14.8 Å². The minimum absolute atomic E-state index is 0.106. The fourth-order valence-corrected chi connectivity index (χ4v) is 3.16. The molecule has 1 fully saturated rings. The van der Waals surface area contributed by atoms with E-state index in [1.807, 2.05) is 22.4 Å². The lowest BCUT2D eigenvalue weighted by molar-refractivity contribution is 0.206. The van der Waals surface area contributed by atoms with E-state index in [1.54, 1.807) is 31.6 Å². The summed E-state index contributed by atoms with van der Waals surface area (Å²) in [6.45, 7) is 0.631. The standard InChI is InChI=1S/C17H20N2O3S/c1-21-15-5-3-4-14(16(15)22-2)18-17(20)19(13-6-7-13)10-12-8-9-23-11-12/h3-5,8-9,11,13H,6-7,10H2,1-2H3,(H,18,20). The van der Waals surface area contributed by atoms with Gasteiger partial charge in [-0.05, 0) is 47.4 Å². The molecule has 0 saturated heterocycles. The van der Waals surface area contributed by atoms with Crippen molar-refractivity contribution in [1.82, 2.24) is 4.90 Å². The van der Waals surface area contributed by atoms with Crippen LogP contribution in [0.3, 0.4) is 0 Å². The van der Waals surface area contributed by atoms with Gasteiger partial charge in [0.1, 0.15) is 0 Å². The van der Waals surface area contributed by atoms with E-state index in [9.17, 15) is 4.79 Å². The first-order valence-electron chi connectivity index (χ1n) is 7.52. The number of nitrogens with zero attached hydrogens (tertiary/aromatic N) is 1. The normalized spacial score (nSPS) is 13.5. The summed E-state index contributed by atoms with van der Waals surface area (Å²) < 4.78 is 10.6. The highest BCUT2D eigenvalue weighted by atomic mass is 32.1. The Morgan fingerprint density at radius 3 is 2.74 bits per heavy atom. The number of carbonyl (C=O) groups excluding carboxylic acids is 1. The fourth-order valence-electron chi connectivity index (χ4n) is 2.50. The number of hydrogen-bond donors (Lipinski definition) is 1. The lowest BCUT2D eigenvalue weighted by Crippen LogP contribution is -2.36. The van der Waals surface area contributed by atoms with E-state index in [1.165, 1.54) is 0 Å². The summed E-state index contributed by atoms with van der Waals surface area (Å²) in [7, 11) is 3.15. The fraction of sp³-hybridized carbons (Fsp3) is 0.353. The third kappa shape index (κ3) is 3.59. The van der Waals surface area contributed by atoms with Gasteiger partial charge in [-0.3, -0.25) is 0 Å². The van der Waals surface area contributed by atoms with Crippen LogP contribution >= 0.6 is 11.3 Å². The van der Waals surface area contributed by atoms with E-state index >= 15 is 0 Å². The molecule has 1 heterocycles. The quantitative estimate of drug-likeness (QED) is 0.871. The Bertz CT molecular complexity index is 668. The molecule has 3 rings (SSSR count). The Labute approximate surface area is 139 Å². The number of rotatable bonds is 6. The van der Waals surface area contributed by atoms with Crippen molar-refractivity contribution in [2.75, 3.05) is 19.5 Å². The number of methoxy groups -OCH3 is 2. The molecule has 6 heteroatoms. The van der Waals surface area contributed by atoms with E-state index in [0.717, 1.165) is 18.4 Å². The minimum Gasteiger partial charge on any atom is -0.493 e. The van der Waals surface area contributed by atoms with Crippen LogP contribution in [0, 0.1) is 0 Å². The highest BCUT2D eigenvalue weighted by Gasteiger charge is 2.33. The summed E-state index contributed by atoms with van der Waals surface area (Å²) in [4.78, 5) is 14.6. The molecule has 0 aliphatic heterocycles. The number of para-hydroxylation sites is 1. The summed E-state index contributed by atoms with van der Waals surface area (Å²) in [6, 6.07) is 7.72. The molecule has 23 heavy (non-hydrogen) atoms. The predicted molar refractivity (Wildman–Crippen MR) is 91.4 cm³/mol.